The fourth-order valence-corrected chi connectivity index (χ4v) is 5.24. The lowest BCUT2D eigenvalue weighted by Crippen LogP contribution is -2.44. The van der Waals surface area contributed by atoms with Gasteiger partial charge in [-0.2, -0.15) is 0 Å². The van der Waals surface area contributed by atoms with Crippen LogP contribution in [0.3, 0.4) is 0 Å². The SMILES string of the molecule is NC(COCc1ccc(F)cc1F)C(CCN1CCC(O)(c2ccccc2)CC1)c1ccc(Cl)c(Cl)c1. The molecule has 0 spiro atoms. The highest BCUT2D eigenvalue weighted by atomic mass is 35.5. The molecule has 0 aliphatic carbocycles. The van der Waals surface area contributed by atoms with Crippen LogP contribution in [0.25, 0.3) is 0 Å². The van der Waals surface area contributed by atoms with E-state index in [4.69, 9.17) is 33.7 Å². The van der Waals surface area contributed by atoms with Crippen LogP contribution in [0.15, 0.2) is 66.7 Å². The zero-order valence-electron chi connectivity index (χ0n) is 20.6. The summed E-state index contributed by atoms with van der Waals surface area (Å²) in [6.45, 7) is 2.52. The molecule has 0 saturated carbocycles. The second-order valence-corrected chi connectivity index (χ2v) is 10.5. The first-order chi connectivity index (χ1) is 17.7. The van der Waals surface area contributed by atoms with Gasteiger partial charge in [0.1, 0.15) is 11.6 Å². The molecule has 3 aromatic rings. The van der Waals surface area contributed by atoms with E-state index in [2.05, 4.69) is 4.90 Å². The van der Waals surface area contributed by atoms with E-state index in [-0.39, 0.29) is 30.7 Å². The lowest BCUT2D eigenvalue weighted by Gasteiger charge is -2.39. The lowest BCUT2D eigenvalue weighted by molar-refractivity contribution is -0.0266. The highest BCUT2D eigenvalue weighted by molar-refractivity contribution is 6.42. The maximum absolute atomic E-state index is 14.0. The molecule has 1 heterocycles. The van der Waals surface area contributed by atoms with Crippen molar-refractivity contribution in [2.45, 2.75) is 43.4 Å². The van der Waals surface area contributed by atoms with Gasteiger partial charge in [-0.25, -0.2) is 8.78 Å². The largest absolute Gasteiger partial charge is 0.385 e. The van der Waals surface area contributed by atoms with Gasteiger partial charge in [0.2, 0.25) is 0 Å². The second kappa shape index (κ2) is 12.7. The monoisotopic (exact) mass is 548 g/mol. The minimum atomic E-state index is -0.805. The quantitative estimate of drug-likeness (QED) is 0.313. The van der Waals surface area contributed by atoms with Crippen molar-refractivity contribution in [3.63, 3.8) is 0 Å². The van der Waals surface area contributed by atoms with Crippen LogP contribution in [-0.4, -0.2) is 42.3 Å². The summed E-state index contributed by atoms with van der Waals surface area (Å²) in [5, 5.41) is 12.1. The average Bonchev–Trinajstić information content (AvgIpc) is 2.89. The molecule has 198 valence electrons. The van der Waals surface area contributed by atoms with Crippen LogP contribution in [0.4, 0.5) is 8.78 Å². The third kappa shape index (κ3) is 7.29. The number of ether oxygens (including phenoxy) is 1. The normalized spacial score (nSPS) is 17.5. The Labute approximate surface area is 226 Å². The molecule has 0 radical (unpaired) electrons. The molecular weight excluding hydrogens is 517 g/mol. The molecule has 8 heteroatoms. The number of nitrogens with two attached hydrogens (primary N) is 1. The van der Waals surface area contributed by atoms with E-state index in [1.165, 1.54) is 12.1 Å². The van der Waals surface area contributed by atoms with Crippen LogP contribution >= 0.6 is 23.2 Å². The van der Waals surface area contributed by atoms with Gasteiger partial charge >= 0.3 is 0 Å². The Balaban J connectivity index is 1.37. The van der Waals surface area contributed by atoms with Gasteiger partial charge in [-0.05, 0) is 55.1 Å². The van der Waals surface area contributed by atoms with Gasteiger partial charge in [0, 0.05) is 36.7 Å². The summed E-state index contributed by atoms with van der Waals surface area (Å²) in [5.74, 6) is -1.35. The van der Waals surface area contributed by atoms with Gasteiger partial charge in [-0.1, -0.05) is 65.7 Å². The summed E-state index contributed by atoms with van der Waals surface area (Å²) in [6, 6.07) is 18.4. The van der Waals surface area contributed by atoms with Crippen molar-refractivity contribution in [3.05, 3.63) is 105 Å². The first kappa shape index (κ1) is 28.0. The Morgan fingerprint density at radius 2 is 1.70 bits per heavy atom. The molecule has 1 aliphatic rings. The molecular formula is C29H32Cl2F2N2O2. The molecule has 2 unspecified atom stereocenters. The predicted molar refractivity (Wildman–Crippen MR) is 144 cm³/mol. The van der Waals surface area contributed by atoms with Crippen LogP contribution in [0.1, 0.15) is 41.9 Å². The van der Waals surface area contributed by atoms with Gasteiger partial charge in [0.15, 0.2) is 0 Å². The van der Waals surface area contributed by atoms with Crippen LogP contribution < -0.4 is 5.73 Å². The maximum atomic E-state index is 14.0. The average molecular weight is 549 g/mol. The van der Waals surface area contributed by atoms with E-state index >= 15 is 0 Å². The Hall–Kier alpha value is -2.06. The van der Waals surface area contributed by atoms with Gasteiger partial charge < -0.3 is 20.5 Å². The van der Waals surface area contributed by atoms with E-state index in [0.717, 1.165) is 43.2 Å². The van der Waals surface area contributed by atoms with Crippen molar-refractivity contribution in [1.82, 2.24) is 4.90 Å². The molecule has 3 N–H and O–H groups in total. The predicted octanol–water partition coefficient (Wildman–Crippen LogP) is 6.27. The highest BCUT2D eigenvalue weighted by Gasteiger charge is 2.34. The minimum Gasteiger partial charge on any atom is -0.385 e. The molecule has 3 aromatic carbocycles. The first-order valence-electron chi connectivity index (χ1n) is 12.5. The number of halogens is 4. The van der Waals surface area contributed by atoms with E-state index < -0.39 is 17.2 Å². The zero-order chi connectivity index (χ0) is 26.4. The summed E-state index contributed by atoms with van der Waals surface area (Å²) in [4.78, 5) is 2.34. The number of nitrogens with zero attached hydrogens (tertiary/aromatic N) is 1. The fraction of sp³-hybridized carbons (Fsp3) is 0.379. The van der Waals surface area contributed by atoms with Crippen LogP contribution in [0, 0.1) is 11.6 Å². The molecule has 1 aliphatic heterocycles. The Kier molecular flexibility index (Phi) is 9.57. The third-order valence-electron chi connectivity index (χ3n) is 7.22. The number of hydrogen-bond acceptors (Lipinski definition) is 4. The number of rotatable bonds is 10. The highest BCUT2D eigenvalue weighted by Crippen LogP contribution is 2.34. The molecule has 4 nitrogen and oxygen atoms in total. The topological polar surface area (TPSA) is 58.7 Å². The maximum Gasteiger partial charge on any atom is 0.131 e. The van der Waals surface area contributed by atoms with Crippen LogP contribution in [-0.2, 0) is 16.9 Å². The molecule has 1 fully saturated rings. The molecule has 2 atom stereocenters. The standard InChI is InChI=1S/C29H32Cl2F2N2O2/c30-25-9-7-20(16-26(25)31)24(28(34)19-37-18-21-6-8-23(32)17-27(21)33)10-13-35-14-11-29(36,12-15-35)22-4-2-1-3-5-22/h1-9,16-17,24,28,36H,10-15,18-19,34H2. The number of benzene rings is 3. The van der Waals surface area contributed by atoms with Crippen molar-refractivity contribution in [1.29, 1.82) is 0 Å². The number of piperidine rings is 1. The Morgan fingerprint density at radius 3 is 2.38 bits per heavy atom. The summed E-state index contributed by atoms with van der Waals surface area (Å²) in [5.41, 5.74) is 7.97. The summed E-state index contributed by atoms with van der Waals surface area (Å²) in [6.07, 6.45) is 2.07. The van der Waals surface area contributed by atoms with Crippen molar-refractivity contribution >= 4 is 23.2 Å². The van der Waals surface area contributed by atoms with Gasteiger partial charge in [-0.15, -0.1) is 0 Å². The summed E-state index contributed by atoms with van der Waals surface area (Å²) >= 11 is 12.4. The lowest BCUT2D eigenvalue weighted by atomic mass is 9.84. The minimum absolute atomic E-state index is 0.00188. The van der Waals surface area contributed by atoms with E-state index in [0.29, 0.717) is 22.9 Å². The molecule has 0 amide bonds. The smallest absolute Gasteiger partial charge is 0.131 e. The number of aliphatic hydroxyl groups is 1. The fourth-order valence-electron chi connectivity index (χ4n) is 4.94. The van der Waals surface area contributed by atoms with Crippen molar-refractivity contribution < 1.29 is 18.6 Å². The van der Waals surface area contributed by atoms with Gasteiger partial charge in [0.05, 0.1) is 28.9 Å². The van der Waals surface area contributed by atoms with Gasteiger partial charge in [-0.3, -0.25) is 0 Å². The Bertz CT molecular complexity index is 1170. The third-order valence-corrected chi connectivity index (χ3v) is 7.96. The summed E-state index contributed by atoms with van der Waals surface area (Å²) in [7, 11) is 0. The zero-order valence-corrected chi connectivity index (χ0v) is 22.1. The molecule has 0 bridgehead atoms. The number of hydrogen-bond donors (Lipinski definition) is 2. The molecule has 37 heavy (non-hydrogen) atoms. The van der Waals surface area contributed by atoms with E-state index in [1.54, 1.807) is 6.07 Å². The second-order valence-electron chi connectivity index (χ2n) is 9.72. The van der Waals surface area contributed by atoms with Crippen molar-refractivity contribution in [2.24, 2.45) is 5.73 Å². The summed E-state index contributed by atoms with van der Waals surface area (Å²) < 4.78 is 32.9. The first-order valence-corrected chi connectivity index (χ1v) is 13.2. The van der Waals surface area contributed by atoms with Crippen molar-refractivity contribution in [2.75, 3.05) is 26.2 Å². The number of likely N-dealkylation sites (tertiary alicyclic amines) is 1. The van der Waals surface area contributed by atoms with E-state index in [1.807, 2.05) is 42.5 Å². The Morgan fingerprint density at radius 1 is 0.973 bits per heavy atom. The van der Waals surface area contributed by atoms with Crippen molar-refractivity contribution in [3.8, 4) is 0 Å². The van der Waals surface area contributed by atoms with E-state index in [9.17, 15) is 13.9 Å². The molecule has 1 saturated heterocycles. The molecule has 0 aromatic heterocycles. The van der Waals surface area contributed by atoms with Gasteiger partial charge in [0.25, 0.3) is 0 Å². The van der Waals surface area contributed by atoms with Crippen LogP contribution in [0.5, 0.6) is 0 Å². The molecule has 4 rings (SSSR count). The van der Waals surface area contributed by atoms with Crippen LogP contribution in [0.2, 0.25) is 10.0 Å².